The van der Waals surface area contributed by atoms with Crippen molar-refractivity contribution in [3.63, 3.8) is 0 Å². The van der Waals surface area contributed by atoms with Gasteiger partial charge in [0.1, 0.15) is 0 Å². The van der Waals surface area contributed by atoms with Crippen LogP contribution in [0.1, 0.15) is 5.69 Å². The number of hydrogen-bond acceptors (Lipinski definition) is 6. The van der Waals surface area contributed by atoms with E-state index >= 15 is 0 Å². The molecule has 7 heteroatoms. The molecule has 0 atom stereocenters. The Hall–Kier alpha value is -3.22. The highest BCUT2D eigenvalue weighted by Crippen LogP contribution is 2.24. The van der Waals surface area contributed by atoms with Gasteiger partial charge in [0.2, 0.25) is 5.82 Å². The number of para-hydroxylation sites is 1. The van der Waals surface area contributed by atoms with E-state index in [4.69, 9.17) is 8.94 Å². The molecular weight excluding hydrogens is 282 g/mol. The average molecular weight is 293 g/mol. The zero-order valence-electron chi connectivity index (χ0n) is 11.7. The fourth-order valence-electron chi connectivity index (χ4n) is 2.17. The zero-order valence-corrected chi connectivity index (χ0v) is 11.7. The van der Waals surface area contributed by atoms with Crippen molar-refractivity contribution in [2.45, 2.75) is 6.92 Å². The summed E-state index contributed by atoms with van der Waals surface area (Å²) >= 11 is 0. The molecule has 108 valence electrons. The van der Waals surface area contributed by atoms with Crippen molar-refractivity contribution in [1.29, 1.82) is 0 Å². The molecule has 0 amide bonds. The molecule has 0 fully saturated rings. The average Bonchev–Trinajstić information content (AvgIpc) is 3.28. The molecule has 1 aromatic carbocycles. The predicted molar refractivity (Wildman–Crippen MR) is 77.1 cm³/mol. The SMILES string of the molecule is Cc1c(-c2noc(-c3ccco3)n2)nnn1-c1ccccc1. The molecule has 0 aliphatic carbocycles. The number of furan rings is 1. The first-order valence-electron chi connectivity index (χ1n) is 6.68. The van der Waals surface area contributed by atoms with E-state index in [2.05, 4.69) is 20.5 Å². The van der Waals surface area contributed by atoms with Crippen LogP contribution in [0.15, 0.2) is 57.7 Å². The third kappa shape index (κ3) is 1.99. The number of rotatable bonds is 3. The maximum atomic E-state index is 5.24. The van der Waals surface area contributed by atoms with Gasteiger partial charge in [-0.2, -0.15) is 4.98 Å². The summed E-state index contributed by atoms with van der Waals surface area (Å²) in [6.45, 7) is 1.91. The van der Waals surface area contributed by atoms with E-state index in [1.54, 1.807) is 23.1 Å². The third-order valence-electron chi connectivity index (χ3n) is 3.27. The highest BCUT2D eigenvalue weighted by molar-refractivity contribution is 5.56. The second-order valence-corrected chi connectivity index (χ2v) is 4.67. The minimum atomic E-state index is 0.314. The summed E-state index contributed by atoms with van der Waals surface area (Å²) in [4.78, 5) is 4.30. The predicted octanol–water partition coefficient (Wildman–Crippen LogP) is 2.89. The molecule has 0 radical (unpaired) electrons. The summed E-state index contributed by atoms with van der Waals surface area (Å²) in [6.07, 6.45) is 1.55. The Morgan fingerprint density at radius 2 is 1.91 bits per heavy atom. The van der Waals surface area contributed by atoms with Crippen LogP contribution >= 0.6 is 0 Å². The van der Waals surface area contributed by atoms with Crippen molar-refractivity contribution in [2.75, 3.05) is 0 Å². The Morgan fingerprint density at radius 3 is 2.68 bits per heavy atom. The monoisotopic (exact) mass is 293 g/mol. The summed E-state index contributed by atoms with van der Waals surface area (Å²) in [6, 6.07) is 13.3. The Labute approximate surface area is 125 Å². The van der Waals surface area contributed by atoms with E-state index in [-0.39, 0.29) is 0 Å². The van der Waals surface area contributed by atoms with Gasteiger partial charge in [-0.3, -0.25) is 0 Å². The molecule has 3 aromatic heterocycles. The molecule has 22 heavy (non-hydrogen) atoms. The summed E-state index contributed by atoms with van der Waals surface area (Å²) < 4.78 is 12.2. The van der Waals surface area contributed by atoms with Crippen molar-refractivity contribution in [1.82, 2.24) is 25.1 Å². The first kappa shape index (κ1) is 12.5. The van der Waals surface area contributed by atoms with Crippen LogP contribution in [0.5, 0.6) is 0 Å². The summed E-state index contributed by atoms with van der Waals surface area (Å²) in [5.74, 6) is 1.21. The lowest BCUT2D eigenvalue weighted by molar-refractivity contribution is 0.416. The summed E-state index contributed by atoms with van der Waals surface area (Å²) in [5, 5.41) is 12.3. The Bertz CT molecular complexity index is 893. The van der Waals surface area contributed by atoms with Crippen molar-refractivity contribution >= 4 is 0 Å². The number of aromatic nitrogens is 5. The van der Waals surface area contributed by atoms with Gasteiger partial charge in [0, 0.05) is 0 Å². The Balaban J connectivity index is 1.74. The number of benzene rings is 1. The van der Waals surface area contributed by atoms with Crippen LogP contribution in [0.3, 0.4) is 0 Å². The standard InChI is InChI=1S/C15H11N5O2/c1-10-13(17-19-20(10)11-6-3-2-4-7-11)14-16-15(22-18-14)12-8-5-9-21-12/h2-9H,1H3. The van der Waals surface area contributed by atoms with Gasteiger partial charge in [-0.15, -0.1) is 5.10 Å². The van der Waals surface area contributed by atoms with Crippen LogP contribution < -0.4 is 0 Å². The van der Waals surface area contributed by atoms with Crippen LogP contribution in [-0.2, 0) is 0 Å². The minimum Gasteiger partial charge on any atom is -0.459 e. The molecule has 0 bridgehead atoms. The second kappa shape index (κ2) is 4.96. The van der Waals surface area contributed by atoms with Crippen molar-refractivity contribution in [3.8, 4) is 28.9 Å². The minimum absolute atomic E-state index is 0.314. The lowest BCUT2D eigenvalue weighted by atomic mass is 10.3. The van der Waals surface area contributed by atoms with E-state index in [0.29, 0.717) is 23.2 Å². The quantitative estimate of drug-likeness (QED) is 0.577. The second-order valence-electron chi connectivity index (χ2n) is 4.67. The van der Waals surface area contributed by atoms with E-state index in [9.17, 15) is 0 Å². The molecule has 4 aromatic rings. The molecule has 4 rings (SSSR count). The van der Waals surface area contributed by atoms with Gasteiger partial charge in [-0.05, 0) is 31.2 Å². The maximum absolute atomic E-state index is 5.24. The Morgan fingerprint density at radius 1 is 1.05 bits per heavy atom. The lowest BCUT2D eigenvalue weighted by Crippen LogP contribution is -1.98. The van der Waals surface area contributed by atoms with Gasteiger partial charge in [-0.1, -0.05) is 28.6 Å². The fourth-order valence-corrected chi connectivity index (χ4v) is 2.17. The summed E-state index contributed by atoms with van der Waals surface area (Å²) in [5.41, 5.74) is 2.33. The van der Waals surface area contributed by atoms with Crippen LogP contribution in [0, 0.1) is 6.92 Å². The van der Waals surface area contributed by atoms with Crippen LogP contribution in [0.4, 0.5) is 0 Å². The van der Waals surface area contributed by atoms with Gasteiger partial charge in [0.15, 0.2) is 11.5 Å². The Kier molecular flexibility index (Phi) is 2.82. The molecule has 7 nitrogen and oxygen atoms in total. The van der Waals surface area contributed by atoms with E-state index in [1.165, 1.54) is 0 Å². The number of hydrogen-bond donors (Lipinski definition) is 0. The topological polar surface area (TPSA) is 82.8 Å². The smallest absolute Gasteiger partial charge is 0.293 e. The molecule has 0 N–H and O–H groups in total. The van der Waals surface area contributed by atoms with Gasteiger partial charge in [0.05, 0.1) is 17.6 Å². The normalized spacial score (nSPS) is 11.0. The van der Waals surface area contributed by atoms with Crippen LogP contribution in [-0.4, -0.2) is 25.1 Å². The fraction of sp³-hybridized carbons (Fsp3) is 0.0667. The van der Waals surface area contributed by atoms with Gasteiger partial charge < -0.3 is 8.94 Å². The molecule has 0 saturated heterocycles. The molecule has 0 aliphatic heterocycles. The molecule has 0 spiro atoms. The summed E-state index contributed by atoms with van der Waals surface area (Å²) in [7, 11) is 0. The van der Waals surface area contributed by atoms with E-state index < -0.39 is 0 Å². The molecule has 0 unspecified atom stereocenters. The molecular formula is C15H11N5O2. The van der Waals surface area contributed by atoms with Crippen molar-refractivity contribution in [3.05, 3.63) is 54.4 Å². The molecule has 0 aliphatic rings. The number of nitrogens with zero attached hydrogens (tertiary/aromatic N) is 5. The highest BCUT2D eigenvalue weighted by atomic mass is 16.5. The van der Waals surface area contributed by atoms with Crippen molar-refractivity contribution < 1.29 is 8.94 Å². The molecule has 3 heterocycles. The van der Waals surface area contributed by atoms with Crippen molar-refractivity contribution in [2.24, 2.45) is 0 Å². The van der Waals surface area contributed by atoms with Crippen LogP contribution in [0.2, 0.25) is 0 Å². The lowest BCUT2D eigenvalue weighted by Gasteiger charge is -2.01. The first-order chi connectivity index (χ1) is 10.8. The van der Waals surface area contributed by atoms with Crippen LogP contribution in [0.25, 0.3) is 28.9 Å². The first-order valence-corrected chi connectivity index (χ1v) is 6.68. The maximum Gasteiger partial charge on any atom is 0.293 e. The highest BCUT2D eigenvalue weighted by Gasteiger charge is 2.19. The van der Waals surface area contributed by atoms with Gasteiger partial charge in [0.25, 0.3) is 5.89 Å². The third-order valence-corrected chi connectivity index (χ3v) is 3.27. The zero-order chi connectivity index (χ0) is 14.9. The largest absolute Gasteiger partial charge is 0.459 e. The van der Waals surface area contributed by atoms with Gasteiger partial charge >= 0.3 is 0 Å². The van der Waals surface area contributed by atoms with E-state index in [1.807, 2.05) is 37.3 Å². The molecule has 0 saturated carbocycles. The van der Waals surface area contributed by atoms with E-state index in [0.717, 1.165) is 11.4 Å². The van der Waals surface area contributed by atoms with Gasteiger partial charge in [-0.25, -0.2) is 4.68 Å².